The van der Waals surface area contributed by atoms with Gasteiger partial charge in [0.1, 0.15) is 12.4 Å². The molecule has 2 rings (SSSR count). The average molecular weight is 278 g/mol. The maximum atomic E-state index is 10.7. The highest BCUT2D eigenvalue weighted by atomic mass is 35.5. The number of nitro groups is 1. The van der Waals surface area contributed by atoms with Gasteiger partial charge >= 0.3 is 0 Å². The molecule has 98 valence electrons. The first-order valence-electron chi connectivity index (χ1n) is 5.68. The van der Waals surface area contributed by atoms with E-state index in [-0.39, 0.29) is 5.69 Å². The van der Waals surface area contributed by atoms with Crippen molar-refractivity contribution in [3.05, 3.63) is 68.7 Å². The minimum absolute atomic E-state index is 0.0927. The second-order valence-corrected chi connectivity index (χ2v) is 4.56. The van der Waals surface area contributed by atoms with Crippen LogP contribution < -0.4 is 4.74 Å². The maximum absolute atomic E-state index is 10.7. The number of hydrogen-bond acceptors (Lipinski definition) is 3. The van der Waals surface area contributed by atoms with Crippen LogP contribution in [0.5, 0.6) is 5.75 Å². The van der Waals surface area contributed by atoms with E-state index in [2.05, 4.69) is 0 Å². The third kappa shape index (κ3) is 3.45. The van der Waals surface area contributed by atoms with Gasteiger partial charge in [-0.05, 0) is 36.8 Å². The Balaban J connectivity index is 2.08. The molecule has 0 fully saturated rings. The molecule has 0 saturated heterocycles. The Kier molecular flexibility index (Phi) is 4.02. The summed E-state index contributed by atoms with van der Waals surface area (Å²) in [4.78, 5) is 10.3. The molecule has 4 nitrogen and oxygen atoms in total. The first kappa shape index (κ1) is 13.4. The number of rotatable bonds is 4. The monoisotopic (exact) mass is 277 g/mol. The molecule has 2 aromatic carbocycles. The molecule has 0 aliphatic heterocycles. The van der Waals surface area contributed by atoms with E-state index in [1.165, 1.54) is 6.07 Å². The summed E-state index contributed by atoms with van der Waals surface area (Å²) in [5.74, 6) is 0.600. The lowest BCUT2D eigenvalue weighted by Gasteiger charge is -2.07. The molecule has 0 saturated carbocycles. The van der Waals surface area contributed by atoms with Crippen molar-refractivity contribution in [2.45, 2.75) is 13.5 Å². The fourth-order valence-electron chi connectivity index (χ4n) is 1.72. The highest BCUT2D eigenvalue weighted by Crippen LogP contribution is 2.23. The molecule has 2 aromatic rings. The van der Waals surface area contributed by atoms with Crippen LogP contribution in [0.4, 0.5) is 5.69 Å². The van der Waals surface area contributed by atoms with E-state index in [1.54, 1.807) is 25.1 Å². The van der Waals surface area contributed by atoms with E-state index in [1.807, 2.05) is 18.2 Å². The summed E-state index contributed by atoms with van der Waals surface area (Å²) in [6, 6.07) is 12.1. The number of nitrogens with zero attached hydrogens (tertiary/aromatic N) is 1. The van der Waals surface area contributed by atoms with E-state index >= 15 is 0 Å². The Morgan fingerprint density at radius 2 is 2.05 bits per heavy atom. The summed E-state index contributed by atoms with van der Waals surface area (Å²) >= 11 is 5.88. The van der Waals surface area contributed by atoms with Crippen LogP contribution in [0.25, 0.3) is 0 Å². The zero-order valence-electron chi connectivity index (χ0n) is 10.3. The SMILES string of the molecule is Cc1cc(OCc2cccc(Cl)c2)ccc1[N+](=O)[O-]. The zero-order valence-corrected chi connectivity index (χ0v) is 11.1. The Morgan fingerprint density at radius 1 is 1.26 bits per heavy atom. The number of aryl methyl sites for hydroxylation is 1. The normalized spacial score (nSPS) is 10.2. The van der Waals surface area contributed by atoms with Gasteiger partial charge in [-0.15, -0.1) is 0 Å². The van der Waals surface area contributed by atoms with Crippen LogP contribution >= 0.6 is 11.6 Å². The molecule has 0 aliphatic carbocycles. The predicted molar refractivity (Wildman–Crippen MR) is 73.6 cm³/mol. The van der Waals surface area contributed by atoms with Crippen LogP contribution in [0, 0.1) is 17.0 Å². The smallest absolute Gasteiger partial charge is 0.272 e. The van der Waals surface area contributed by atoms with Crippen molar-refractivity contribution < 1.29 is 9.66 Å². The molecule has 0 heterocycles. The first-order chi connectivity index (χ1) is 9.06. The molecule has 0 amide bonds. The highest BCUT2D eigenvalue weighted by molar-refractivity contribution is 6.30. The first-order valence-corrected chi connectivity index (χ1v) is 6.06. The Hall–Kier alpha value is -2.07. The Labute approximate surface area is 115 Å². The van der Waals surface area contributed by atoms with Gasteiger partial charge < -0.3 is 4.74 Å². The van der Waals surface area contributed by atoms with Crippen LogP contribution in [0.1, 0.15) is 11.1 Å². The molecule has 0 aromatic heterocycles. The van der Waals surface area contributed by atoms with E-state index < -0.39 is 4.92 Å². The van der Waals surface area contributed by atoms with Gasteiger partial charge in [0.05, 0.1) is 4.92 Å². The second kappa shape index (κ2) is 5.71. The van der Waals surface area contributed by atoms with Gasteiger partial charge in [-0.2, -0.15) is 0 Å². The summed E-state index contributed by atoms with van der Waals surface area (Å²) < 4.78 is 5.58. The van der Waals surface area contributed by atoms with Crippen molar-refractivity contribution in [3.8, 4) is 5.75 Å². The van der Waals surface area contributed by atoms with Gasteiger partial charge in [-0.25, -0.2) is 0 Å². The van der Waals surface area contributed by atoms with Gasteiger partial charge in [-0.1, -0.05) is 23.7 Å². The number of ether oxygens (including phenoxy) is 1. The van der Waals surface area contributed by atoms with Crippen molar-refractivity contribution in [1.29, 1.82) is 0 Å². The lowest BCUT2D eigenvalue weighted by atomic mass is 10.2. The molecular weight excluding hydrogens is 266 g/mol. The maximum Gasteiger partial charge on any atom is 0.272 e. The van der Waals surface area contributed by atoms with Gasteiger partial charge in [0.15, 0.2) is 0 Å². The summed E-state index contributed by atoms with van der Waals surface area (Å²) in [6.45, 7) is 2.06. The highest BCUT2D eigenvalue weighted by Gasteiger charge is 2.10. The number of halogens is 1. The lowest BCUT2D eigenvalue weighted by Crippen LogP contribution is -1.97. The lowest BCUT2D eigenvalue weighted by molar-refractivity contribution is -0.385. The summed E-state index contributed by atoms with van der Waals surface area (Å²) in [5.41, 5.74) is 1.62. The summed E-state index contributed by atoms with van der Waals surface area (Å²) in [5, 5.41) is 11.4. The third-order valence-electron chi connectivity index (χ3n) is 2.66. The number of benzene rings is 2. The van der Waals surface area contributed by atoms with Crippen LogP contribution in [0.2, 0.25) is 5.02 Å². The third-order valence-corrected chi connectivity index (χ3v) is 2.89. The van der Waals surface area contributed by atoms with Crippen molar-refractivity contribution in [1.82, 2.24) is 0 Å². The molecule has 0 aliphatic rings. The summed E-state index contributed by atoms with van der Waals surface area (Å²) in [6.07, 6.45) is 0. The average Bonchev–Trinajstić information content (AvgIpc) is 2.36. The Bertz CT molecular complexity index is 613. The summed E-state index contributed by atoms with van der Waals surface area (Å²) in [7, 11) is 0. The fraction of sp³-hybridized carbons (Fsp3) is 0.143. The largest absolute Gasteiger partial charge is 0.489 e. The van der Waals surface area contributed by atoms with Gasteiger partial charge in [0.2, 0.25) is 0 Å². The number of nitro benzene ring substituents is 1. The molecule has 0 atom stereocenters. The minimum Gasteiger partial charge on any atom is -0.489 e. The van der Waals surface area contributed by atoms with E-state index in [0.29, 0.717) is 22.9 Å². The molecule has 0 unspecified atom stereocenters. The molecular formula is C14H12ClNO3. The van der Waals surface area contributed by atoms with Crippen molar-refractivity contribution >= 4 is 17.3 Å². The zero-order chi connectivity index (χ0) is 13.8. The number of hydrogen-bond donors (Lipinski definition) is 0. The van der Waals surface area contributed by atoms with E-state index in [4.69, 9.17) is 16.3 Å². The standard InChI is InChI=1S/C14H12ClNO3/c1-10-7-13(5-6-14(10)16(17)18)19-9-11-3-2-4-12(15)8-11/h2-8H,9H2,1H3. The quantitative estimate of drug-likeness (QED) is 0.623. The predicted octanol–water partition coefficient (Wildman–Crippen LogP) is 4.14. The fourth-order valence-corrected chi connectivity index (χ4v) is 1.93. The van der Waals surface area contributed by atoms with Crippen LogP contribution in [-0.4, -0.2) is 4.92 Å². The molecule has 19 heavy (non-hydrogen) atoms. The topological polar surface area (TPSA) is 52.4 Å². The van der Waals surface area contributed by atoms with Gasteiger partial charge in [0.25, 0.3) is 5.69 Å². The molecule has 5 heteroatoms. The van der Waals surface area contributed by atoms with E-state index in [9.17, 15) is 10.1 Å². The minimum atomic E-state index is -0.407. The molecule has 0 bridgehead atoms. The van der Waals surface area contributed by atoms with Gasteiger partial charge in [-0.3, -0.25) is 10.1 Å². The van der Waals surface area contributed by atoms with Crippen molar-refractivity contribution in [2.75, 3.05) is 0 Å². The van der Waals surface area contributed by atoms with Crippen molar-refractivity contribution in [2.24, 2.45) is 0 Å². The van der Waals surface area contributed by atoms with Crippen LogP contribution in [0.3, 0.4) is 0 Å². The Morgan fingerprint density at radius 3 is 2.68 bits per heavy atom. The second-order valence-electron chi connectivity index (χ2n) is 4.12. The van der Waals surface area contributed by atoms with Crippen LogP contribution in [0.15, 0.2) is 42.5 Å². The molecule has 0 N–H and O–H groups in total. The van der Waals surface area contributed by atoms with Crippen LogP contribution in [-0.2, 0) is 6.61 Å². The molecule has 0 spiro atoms. The van der Waals surface area contributed by atoms with Crippen molar-refractivity contribution in [3.63, 3.8) is 0 Å². The van der Waals surface area contributed by atoms with Gasteiger partial charge in [0, 0.05) is 16.7 Å². The van der Waals surface area contributed by atoms with E-state index in [0.717, 1.165) is 5.56 Å². The molecule has 0 radical (unpaired) electrons.